The van der Waals surface area contributed by atoms with Crippen molar-refractivity contribution in [1.29, 1.82) is 5.26 Å². The van der Waals surface area contributed by atoms with Crippen molar-refractivity contribution in [3.63, 3.8) is 0 Å². The molecule has 0 saturated carbocycles. The van der Waals surface area contributed by atoms with Gasteiger partial charge in [-0.1, -0.05) is 12.1 Å². The SMILES string of the molecule is N#Cc1cccc(-c2ccn3nc(N)nc3c2)c1. The Morgan fingerprint density at radius 3 is 2.83 bits per heavy atom. The van der Waals surface area contributed by atoms with Crippen molar-refractivity contribution in [1.82, 2.24) is 14.6 Å². The summed E-state index contributed by atoms with van der Waals surface area (Å²) >= 11 is 0. The summed E-state index contributed by atoms with van der Waals surface area (Å²) in [5.74, 6) is 0.248. The van der Waals surface area contributed by atoms with Crippen molar-refractivity contribution in [2.75, 3.05) is 5.73 Å². The van der Waals surface area contributed by atoms with Gasteiger partial charge >= 0.3 is 0 Å². The fraction of sp³-hybridized carbons (Fsp3) is 0. The van der Waals surface area contributed by atoms with Crippen LogP contribution in [-0.2, 0) is 0 Å². The van der Waals surface area contributed by atoms with Gasteiger partial charge in [-0.3, -0.25) is 0 Å². The highest BCUT2D eigenvalue weighted by Crippen LogP contribution is 2.21. The quantitative estimate of drug-likeness (QED) is 0.698. The highest BCUT2D eigenvalue weighted by Gasteiger charge is 2.03. The standard InChI is InChI=1S/C13H9N5/c14-8-9-2-1-3-10(6-9)11-4-5-18-12(7-11)16-13(15)17-18/h1-7H,(H2,15,17). The second-order valence-electron chi connectivity index (χ2n) is 3.88. The first kappa shape index (κ1) is 10.3. The van der Waals surface area contributed by atoms with E-state index in [1.54, 1.807) is 16.8 Å². The molecule has 0 atom stereocenters. The molecule has 0 aliphatic heterocycles. The Morgan fingerprint density at radius 1 is 1.17 bits per heavy atom. The van der Waals surface area contributed by atoms with Gasteiger partial charge in [0.2, 0.25) is 5.95 Å². The Kier molecular flexibility index (Phi) is 2.21. The van der Waals surface area contributed by atoms with E-state index in [4.69, 9.17) is 11.0 Å². The third kappa shape index (κ3) is 1.66. The lowest BCUT2D eigenvalue weighted by molar-refractivity contribution is 0.968. The minimum Gasteiger partial charge on any atom is -0.366 e. The van der Waals surface area contributed by atoms with E-state index >= 15 is 0 Å². The number of hydrogen-bond acceptors (Lipinski definition) is 4. The van der Waals surface area contributed by atoms with Gasteiger partial charge in [0.15, 0.2) is 5.65 Å². The molecule has 0 unspecified atom stereocenters. The zero-order valence-corrected chi connectivity index (χ0v) is 9.41. The molecule has 0 saturated heterocycles. The number of nitrogens with zero attached hydrogens (tertiary/aromatic N) is 4. The maximum atomic E-state index is 8.89. The molecule has 1 aromatic carbocycles. The first-order valence-corrected chi connectivity index (χ1v) is 5.39. The Bertz CT molecular complexity index is 766. The fourth-order valence-corrected chi connectivity index (χ4v) is 1.85. The van der Waals surface area contributed by atoms with Crippen LogP contribution >= 0.6 is 0 Å². The molecule has 3 aromatic rings. The van der Waals surface area contributed by atoms with E-state index in [0.29, 0.717) is 11.2 Å². The summed E-state index contributed by atoms with van der Waals surface area (Å²) in [5.41, 5.74) is 8.81. The Hall–Kier alpha value is -2.87. The molecular weight excluding hydrogens is 226 g/mol. The summed E-state index contributed by atoms with van der Waals surface area (Å²) in [7, 11) is 0. The topological polar surface area (TPSA) is 80.0 Å². The largest absolute Gasteiger partial charge is 0.366 e. The maximum Gasteiger partial charge on any atom is 0.240 e. The van der Waals surface area contributed by atoms with Gasteiger partial charge < -0.3 is 5.73 Å². The van der Waals surface area contributed by atoms with Crippen LogP contribution in [0, 0.1) is 11.3 Å². The number of rotatable bonds is 1. The van der Waals surface area contributed by atoms with Crippen LogP contribution < -0.4 is 5.73 Å². The van der Waals surface area contributed by atoms with Crippen molar-refractivity contribution < 1.29 is 0 Å². The molecule has 0 amide bonds. The Labute approximate surface area is 103 Å². The molecule has 5 heteroatoms. The number of nitriles is 1. The average molecular weight is 235 g/mol. The number of benzene rings is 1. The number of nitrogen functional groups attached to an aromatic ring is 1. The van der Waals surface area contributed by atoms with Crippen molar-refractivity contribution in [3.05, 3.63) is 48.2 Å². The zero-order chi connectivity index (χ0) is 12.5. The van der Waals surface area contributed by atoms with Crippen LogP contribution in [0.4, 0.5) is 5.95 Å². The van der Waals surface area contributed by atoms with E-state index in [1.165, 1.54) is 0 Å². The van der Waals surface area contributed by atoms with Crippen LogP contribution in [0.1, 0.15) is 5.56 Å². The maximum absolute atomic E-state index is 8.89. The smallest absolute Gasteiger partial charge is 0.240 e. The monoisotopic (exact) mass is 235 g/mol. The van der Waals surface area contributed by atoms with Gasteiger partial charge in [-0.05, 0) is 35.4 Å². The molecule has 86 valence electrons. The van der Waals surface area contributed by atoms with Gasteiger partial charge in [0, 0.05) is 6.20 Å². The van der Waals surface area contributed by atoms with E-state index in [9.17, 15) is 0 Å². The number of aromatic nitrogens is 3. The molecular formula is C13H9N5. The second kappa shape index (κ2) is 3.86. The average Bonchev–Trinajstić information content (AvgIpc) is 2.77. The van der Waals surface area contributed by atoms with Crippen LogP contribution in [0.5, 0.6) is 0 Å². The minimum atomic E-state index is 0.248. The lowest BCUT2D eigenvalue weighted by atomic mass is 10.0. The number of hydrogen-bond donors (Lipinski definition) is 1. The number of nitrogens with two attached hydrogens (primary N) is 1. The number of fused-ring (bicyclic) bond motifs is 1. The molecule has 0 aliphatic rings. The van der Waals surface area contributed by atoms with Gasteiger partial charge in [-0.2, -0.15) is 10.2 Å². The van der Waals surface area contributed by atoms with Crippen molar-refractivity contribution in [3.8, 4) is 17.2 Å². The van der Waals surface area contributed by atoms with Gasteiger partial charge in [-0.15, -0.1) is 5.10 Å². The molecule has 0 spiro atoms. The van der Waals surface area contributed by atoms with Gasteiger partial charge in [0.1, 0.15) is 0 Å². The lowest BCUT2D eigenvalue weighted by Gasteiger charge is -2.02. The third-order valence-corrected chi connectivity index (χ3v) is 2.68. The van der Waals surface area contributed by atoms with Crippen molar-refractivity contribution in [2.45, 2.75) is 0 Å². The van der Waals surface area contributed by atoms with Gasteiger partial charge in [0.25, 0.3) is 0 Å². The normalized spacial score (nSPS) is 10.4. The molecule has 0 aliphatic carbocycles. The van der Waals surface area contributed by atoms with Crippen LogP contribution in [-0.4, -0.2) is 14.6 Å². The summed E-state index contributed by atoms with van der Waals surface area (Å²) in [6.45, 7) is 0. The van der Waals surface area contributed by atoms with Gasteiger partial charge in [-0.25, -0.2) is 4.52 Å². The summed E-state index contributed by atoms with van der Waals surface area (Å²) in [6.07, 6.45) is 1.80. The Morgan fingerprint density at radius 2 is 2.00 bits per heavy atom. The lowest BCUT2D eigenvalue weighted by Crippen LogP contribution is -1.89. The summed E-state index contributed by atoms with van der Waals surface area (Å²) in [4.78, 5) is 4.11. The van der Waals surface area contributed by atoms with Crippen LogP contribution in [0.3, 0.4) is 0 Å². The first-order chi connectivity index (χ1) is 8.76. The number of anilines is 1. The molecule has 2 N–H and O–H groups in total. The van der Waals surface area contributed by atoms with E-state index < -0.39 is 0 Å². The van der Waals surface area contributed by atoms with E-state index in [1.807, 2.05) is 30.3 Å². The van der Waals surface area contributed by atoms with Crippen LogP contribution in [0.25, 0.3) is 16.8 Å². The summed E-state index contributed by atoms with van der Waals surface area (Å²) in [6, 6.07) is 13.4. The predicted octanol–water partition coefficient (Wildman–Crippen LogP) is 1.85. The third-order valence-electron chi connectivity index (χ3n) is 2.68. The molecule has 0 bridgehead atoms. The molecule has 0 radical (unpaired) electrons. The molecule has 3 rings (SSSR count). The number of pyridine rings is 1. The summed E-state index contributed by atoms with van der Waals surface area (Å²) < 4.78 is 1.62. The molecule has 2 heterocycles. The zero-order valence-electron chi connectivity index (χ0n) is 9.41. The van der Waals surface area contributed by atoms with Crippen LogP contribution in [0.2, 0.25) is 0 Å². The van der Waals surface area contributed by atoms with E-state index in [2.05, 4.69) is 16.2 Å². The van der Waals surface area contributed by atoms with Gasteiger partial charge in [0.05, 0.1) is 11.6 Å². The minimum absolute atomic E-state index is 0.248. The van der Waals surface area contributed by atoms with Crippen LogP contribution in [0.15, 0.2) is 42.6 Å². The molecule has 5 nitrogen and oxygen atoms in total. The second-order valence-corrected chi connectivity index (χ2v) is 3.88. The molecule has 0 fully saturated rings. The Balaban J connectivity index is 2.16. The van der Waals surface area contributed by atoms with Crippen molar-refractivity contribution in [2.24, 2.45) is 0 Å². The van der Waals surface area contributed by atoms with Crippen molar-refractivity contribution >= 4 is 11.6 Å². The molecule has 2 aromatic heterocycles. The first-order valence-electron chi connectivity index (χ1n) is 5.39. The summed E-state index contributed by atoms with van der Waals surface area (Å²) in [5, 5.41) is 12.9. The van der Waals surface area contributed by atoms with E-state index in [-0.39, 0.29) is 5.95 Å². The fourth-order valence-electron chi connectivity index (χ4n) is 1.85. The highest BCUT2D eigenvalue weighted by molar-refractivity contribution is 5.68. The van der Waals surface area contributed by atoms with E-state index in [0.717, 1.165) is 11.1 Å². The predicted molar refractivity (Wildman–Crippen MR) is 67.6 cm³/mol. The molecule has 18 heavy (non-hydrogen) atoms. The highest BCUT2D eigenvalue weighted by atomic mass is 15.3.